The number of ether oxygens (including phenoxy) is 1. The van der Waals surface area contributed by atoms with Crippen molar-refractivity contribution in [3.05, 3.63) is 61.8 Å². The van der Waals surface area contributed by atoms with Crippen LogP contribution >= 0.6 is 34.5 Å². The van der Waals surface area contributed by atoms with Gasteiger partial charge in [0, 0.05) is 11.6 Å². The van der Waals surface area contributed by atoms with Gasteiger partial charge >= 0.3 is 5.97 Å². The third-order valence-corrected chi connectivity index (χ3v) is 4.08. The minimum atomic E-state index is -0.325. The Hall–Kier alpha value is -1.29. The Morgan fingerprint density at radius 1 is 1.27 bits per heavy atom. The molecule has 0 atom stereocenters. The lowest BCUT2D eigenvalue weighted by Crippen LogP contribution is -1.99. The molecule has 0 aromatic carbocycles. The maximum absolute atomic E-state index is 11.3. The molecule has 0 aliphatic carbocycles. The van der Waals surface area contributed by atoms with Gasteiger partial charge in [-0.25, -0.2) is 4.79 Å². The monoisotopic (exact) mass is 356 g/mol. The summed E-state index contributed by atoms with van der Waals surface area (Å²) in [6.45, 7) is 5.99. The van der Waals surface area contributed by atoms with E-state index in [2.05, 4.69) is 0 Å². The van der Waals surface area contributed by atoms with E-state index < -0.39 is 0 Å². The molecule has 0 saturated heterocycles. The second-order valence-electron chi connectivity index (χ2n) is 4.52. The van der Waals surface area contributed by atoms with Crippen LogP contribution in [-0.4, -0.2) is 12.6 Å². The minimum Gasteiger partial charge on any atom is -0.463 e. The molecule has 1 aromatic rings. The largest absolute Gasteiger partial charge is 0.463 e. The van der Waals surface area contributed by atoms with E-state index in [-0.39, 0.29) is 5.97 Å². The van der Waals surface area contributed by atoms with E-state index in [4.69, 9.17) is 27.9 Å². The normalized spacial score (nSPS) is 13.3. The van der Waals surface area contributed by atoms with Crippen LogP contribution in [0.1, 0.15) is 26.3 Å². The second kappa shape index (κ2) is 9.67. The van der Waals surface area contributed by atoms with Crippen molar-refractivity contribution >= 4 is 46.6 Å². The molecular formula is C17H18Cl2O2S. The number of rotatable bonds is 6. The van der Waals surface area contributed by atoms with E-state index in [9.17, 15) is 4.79 Å². The summed E-state index contributed by atoms with van der Waals surface area (Å²) in [7, 11) is 0. The Kier molecular flexibility index (Phi) is 8.25. The number of halogens is 2. The van der Waals surface area contributed by atoms with Crippen LogP contribution in [0.4, 0.5) is 0 Å². The number of hydrogen-bond acceptors (Lipinski definition) is 3. The summed E-state index contributed by atoms with van der Waals surface area (Å²) in [6.07, 6.45) is 11.0. The van der Waals surface area contributed by atoms with Gasteiger partial charge in [0.05, 0.1) is 10.9 Å². The molecule has 0 fully saturated rings. The van der Waals surface area contributed by atoms with Crippen LogP contribution in [0.5, 0.6) is 0 Å². The number of carbonyl (C=O) groups is 1. The van der Waals surface area contributed by atoms with Gasteiger partial charge in [-0.15, -0.1) is 11.3 Å². The summed E-state index contributed by atoms with van der Waals surface area (Å²) >= 11 is 13.3. The first-order valence-corrected chi connectivity index (χ1v) is 8.32. The quantitative estimate of drug-likeness (QED) is 0.350. The van der Waals surface area contributed by atoms with Gasteiger partial charge in [-0.1, -0.05) is 59.2 Å². The van der Waals surface area contributed by atoms with E-state index in [1.807, 2.05) is 50.3 Å². The first-order chi connectivity index (χ1) is 10.4. The Labute approximate surface area is 145 Å². The minimum absolute atomic E-state index is 0.325. The third kappa shape index (κ3) is 7.12. The number of hydrogen-bond donors (Lipinski definition) is 0. The van der Waals surface area contributed by atoms with Crippen LogP contribution in [-0.2, 0) is 9.53 Å². The van der Waals surface area contributed by atoms with Crippen LogP contribution in [0.2, 0.25) is 8.67 Å². The Morgan fingerprint density at radius 2 is 2.00 bits per heavy atom. The van der Waals surface area contributed by atoms with Crippen LogP contribution in [0.3, 0.4) is 0 Å². The van der Waals surface area contributed by atoms with Gasteiger partial charge in [-0.3, -0.25) is 0 Å². The van der Waals surface area contributed by atoms with Crippen molar-refractivity contribution in [2.45, 2.75) is 20.8 Å². The zero-order valence-electron chi connectivity index (χ0n) is 12.7. The molecule has 0 aliphatic heterocycles. The molecular weight excluding hydrogens is 339 g/mol. The second-order valence-corrected chi connectivity index (χ2v) is 6.81. The lowest BCUT2D eigenvalue weighted by Gasteiger charge is -1.96. The van der Waals surface area contributed by atoms with Gasteiger partial charge < -0.3 is 4.74 Å². The fourth-order valence-electron chi connectivity index (χ4n) is 1.51. The van der Waals surface area contributed by atoms with Crippen molar-refractivity contribution in [1.82, 2.24) is 0 Å². The van der Waals surface area contributed by atoms with E-state index in [0.717, 1.165) is 16.7 Å². The molecule has 1 heterocycles. The van der Waals surface area contributed by atoms with E-state index in [1.54, 1.807) is 6.92 Å². The van der Waals surface area contributed by atoms with Gasteiger partial charge in [0.15, 0.2) is 0 Å². The van der Waals surface area contributed by atoms with Crippen molar-refractivity contribution in [3.63, 3.8) is 0 Å². The van der Waals surface area contributed by atoms with Crippen molar-refractivity contribution in [3.8, 4) is 0 Å². The molecule has 118 valence electrons. The summed E-state index contributed by atoms with van der Waals surface area (Å²) < 4.78 is 6.19. The smallest absolute Gasteiger partial charge is 0.330 e. The van der Waals surface area contributed by atoms with Gasteiger partial charge in [0.1, 0.15) is 4.34 Å². The van der Waals surface area contributed by atoms with Crippen molar-refractivity contribution < 1.29 is 9.53 Å². The summed E-state index contributed by atoms with van der Waals surface area (Å²) in [5.41, 5.74) is 2.80. The standard InChI is InChI=1S/C17H18Cl2O2S/c1-4-21-16(20)10-13(3)7-5-6-12(2)8-9-14-11-15(18)22-17(14)19/h5-11H,4H2,1-3H3/b7-5?,9-8?,12-6?,13-10+. The molecule has 0 unspecified atom stereocenters. The molecule has 0 saturated carbocycles. The van der Waals surface area contributed by atoms with Crippen LogP contribution in [0.25, 0.3) is 6.08 Å². The zero-order valence-corrected chi connectivity index (χ0v) is 15.1. The maximum atomic E-state index is 11.3. The Balaban J connectivity index is 2.64. The molecule has 1 aromatic heterocycles. The lowest BCUT2D eigenvalue weighted by atomic mass is 10.2. The van der Waals surface area contributed by atoms with Crippen molar-refractivity contribution in [2.75, 3.05) is 6.61 Å². The molecule has 5 heteroatoms. The number of carbonyl (C=O) groups excluding carboxylic acids is 1. The highest BCUT2D eigenvalue weighted by molar-refractivity contribution is 7.20. The molecule has 0 N–H and O–H groups in total. The molecule has 0 spiro atoms. The molecule has 0 bridgehead atoms. The summed E-state index contributed by atoms with van der Waals surface area (Å²) in [5, 5.41) is 0. The van der Waals surface area contributed by atoms with E-state index >= 15 is 0 Å². The van der Waals surface area contributed by atoms with Crippen molar-refractivity contribution in [2.24, 2.45) is 0 Å². The molecule has 1 rings (SSSR count). The molecule has 22 heavy (non-hydrogen) atoms. The number of allylic oxidation sites excluding steroid dienone is 6. The van der Waals surface area contributed by atoms with Gasteiger partial charge in [0.2, 0.25) is 0 Å². The van der Waals surface area contributed by atoms with Gasteiger partial charge in [-0.2, -0.15) is 0 Å². The van der Waals surface area contributed by atoms with Crippen LogP contribution < -0.4 is 0 Å². The SMILES string of the molecule is CCOC(=O)/C=C(\C)C=CC=C(C)C=Cc1cc(Cl)sc1Cl. The van der Waals surface area contributed by atoms with Crippen LogP contribution in [0.15, 0.2) is 47.6 Å². The zero-order chi connectivity index (χ0) is 16.5. The van der Waals surface area contributed by atoms with E-state index in [0.29, 0.717) is 15.3 Å². The molecule has 0 amide bonds. The number of esters is 1. The average Bonchev–Trinajstić information content (AvgIpc) is 2.74. The predicted molar refractivity (Wildman–Crippen MR) is 96.7 cm³/mol. The van der Waals surface area contributed by atoms with Crippen molar-refractivity contribution in [1.29, 1.82) is 0 Å². The predicted octanol–water partition coefficient (Wildman–Crippen LogP) is 6.08. The Morgan fingerprint density at radius 3 is 2.59 bits per heavy atom. The lowest BCUT2D eigenvalue weighted by molar-refractivity contribution is -0.137. The third-order valence-electron chi connectivity index (χ3n) is 2.56. The molecule has 2 nitrogen and oxygen atoms in total. The average molecular weight is 357 g/mol. The highest BCUT2D eigenvalue weighted by Crippen LogP contribution is 2.32. The van der Waals surface area contributed by atoms with Crippen LogP contribution in [0, 0.1) is 0 Å². The molecule has 0 aliphatic rings. The fraction of sp³-hybridized carbons (Fsp3) is 0.235. The summed E-state index contributed by atoms with van der Waals surface area (Å²) in [6, 6.07) is 1.83. The highest BCUT2D eigenvalue weighted by atomic mass is 35.5. The maximum Gasteiger partial charge on any atom is 0.330 e. The Bertz CT molecular complexity index is 637. The summed E-state index contributed by atoms with van der Waals surface area (Å²) in [4.78, 5) is 11.3. The first kappa shape index (κ1) is 18.8. The van der Waals surface area contributed by atoms with E-state index in [1.165, 1.54) is 17.4 Å². The summed E-state index contributed by atoms with van der Waals surface area (Å²) in [5.74, 6) is -0.325. The topological polar surface area (TPSA) is 26.3 Å². The van der Waals surface area contributed by atoms with Gasteiger partial charge in [-0.05, 0) is 32.4 Å². The highest BCUT2D eigenvalue weighted by Gasteiger charge is 2.01. The molecule has 0 radical (unpaired) electrons. The number of thiophene rings is 1. The van der Waals surface area contributed by atoms with Gasteiger partial charge in [0.25, 0.3) is 0 Å². The first-order valence-electron chi connectivity index (χ1n) is 6.75. The fourth-order valence-corrected chi connectivity index (χ4v) is 2.95.